The fraction of sp³-hybridized carbons (Fsp3) is 0.333. The predicted molar refractivity (Wildman–Crippen MR) is 22.9 cm³/mol. The van der Waals surface area contributed by atoms with Gasteiger partial charge in [0.05, 0.1) is 6.26 Å². The van der Waals surface area contributed by atoms with Gasteiger partial charge in [-0.3, -0.25) is 0 Å². The van der Waals surface area contributed by atoms with E-state index in [2.05, 4.69) is 11.0 Å². The average molecular weight is 86.2 g/mol. The van der Waals surface area contributed by atoms with Crippen molar-refractivity contribution < 1.29 is 4.43 Å². The van der Waals surface area contributed by atoms with E-state index < -0.39 is 0 Å². The lowest BCUT2D eigenvalue weighted by Gasteiger charge is -1.82. The van der Waals surface area contributed by atoms with Crippen molar-refractivity contribution in [1.29, 1.82) is 0 Å². The summed E-state index contributed by atoms with van der Waals surface area (Å²) in [7, 11) is 0.540. The van der Waals surface area contributed by atoms with Gasteiger partial charge in [0, 0.05) is 0 Å². The monoisotopic (exact) mass is 86.0 g/mol. The van der Waals surface area contributed by atoms with Crippen LogP contribution in [0.15, 0.2) is 12.8 Å². The molecule has 0 spiro atoms. The van der Waals surface area contributed by atoms with Crippen molar-refractivity contribution in [3.63, 3.8) is 0 Å². The topological polar surface area (TPSA) is 9.23 Å². The van der Waals surface area contributed by atoms with Crippen molar-refractivity contribution in [3.05, 3.63) is 12.8 Å². The van der Waals surface area contributed by atoms with Gasteiger partial charge in [-0.1, -0.05) is 6.58 Å². The highest BCUT2D eigenvalue weighted by Crippen LogP contribution is 1.61. The zero-order chi connectivity index (χ0) is 4.12. The molecule has 0 N–H and O–H groups in total. The molecular formula is C3H6OSi. The lowest BCUT2D eigenvalue weighted by atomic mass is 11.2. The van der Waals surface area contributed by atoms with Gasteiger partial charge < -0.3 is 4.43 Å². The Morgan fingerprint density at radius 2 is 2.60 bits per heavy atom. The van der Waals surface area contributed by atoms with Crippen molar-refractivity contribution in [2.75, 3.05) is 0 Å². The van der Waals surface area contributed by atoms with E-state index in [-0.39, 0.29) is 0 Å². The highest BCUT2D eigenvalue weighted by molar-refractivity contribution is 6.25. The van der Waals surface area contributed by atoms with Gasteiger partial charge in [-0.15, -0.1) is 0 Å². The molecule has 0 bridgehead atoms. The maximum Gasteiger partial charge on any atom is 0.306 e. The van der Waals surface area contributed by atoms with Crippen molar-refractivity contribution in [2.45, 2.75) is 6.55 Å². The first-order chi connectivity index (χ1) is 2.41. The Kier molecular flexibility index (Phi) is 3.57. The van der Waals surface area contributed by atoms with Crippen LogP contribution in [-0.4, -0.2) is 9.76 Å². The molecule has 0 amide bonds. The second-order valence-corrected chi connectivity index (χ2v) is 1.13. The SMILES string of the molecule is C=CO[Si]C. The minimum absolute atomic E-state index is 0.540. The Hall–Kier alpha value is -0.243. The molecule has 0 unspecified atom stereocenters. The Bertz CT molecular complexity index is 28.1. The number of hydrogen-bond donors (Lipinski definition) is 0. The number of rotatable bonds is 2. The molecule has 0 heterocycles. The molecule has 0 aromatic rings. The van der Waals surface area contributed by atoms with E-state index in [0.29, 0.717) is 9.76 Å². The van der Waals surface area contributed by atoms with Crippen molar-refractivity contribution in [1.82, 2.24) is 0 Å². The summed E-state index contributed by atoms with van der Waals surface area (Å²) in [4.78, 5) is 0. The van der Waals surface area contributed by atoms with Gasteiger partial charge in [-0.05, 0) is 6.55 Å². The summed E-state index contributed by atoms with van der Waals surface area (Å²) in [5, 5.41) is 0. The largest absolute Gasteiger partial charge is 0.547 e. The van der Waals surface area contributed by atoms with Gasteiger partial charge in [0.15, 0.2) is 0 Å². The summed E-state index contributed by atoms with van der Waals surface area (Å²) < 4.78 is 4.62. The standard InChI is InChI=1S/C3H6OSi/c1-3-4-5-2/h3H,1H2,2H3. The molecule has 2 radical (unpaired) electrons. The highest BCUT2D eigenvalue weighted by Gasteiger charge is 1.63. The van der Waals surface area contributed by atoms with E-state index in [1.807, 2.05) is 6.55 Å². The Morgan fingerprint density at radius 1 is 2.00 bits per heavy atom. The van der Waals surface area contributed by atoms with Gasteiger partial charge in [-0.2, -0.15) is 0 Å². The average Bonchev–Trinajstić information content (AvgIpc) is 1.41. The Labute approximate surface area is 34.6 Å². The Balaban J connectivity index is 2.40. The fourth-order valence-electron chi connectivity index (χ4n) is 0.0833. The van der Waals surface area contributed by atoms with Crippen LogP contribution in [0.4, 0.5) is 0 Å². The molecule has 5 heavy (non-hydrogen) atoms. The minimum atomic E-state index is 0.540. The van der Waals surface area contributed by atoms with Gasteiger partial charge in [-0.25, -0.2) is 0 Å². The first-order valence-corrected chi connectivity index (χ1v) is 2.76. The highest BCUT2D eigenvalue weighted by atomic mass is 28.2. The van der Waals surface area contributed by atoms with Crippen LogP contribution >= 0.6 is 0 Å². The molecule has 0 rings (SSSR count). The maximum atomic E-state index is 4.62. The molecule has 0 aliphatic rings. The summed E-state index contributed by atoms with van der Waals surface area (Å²) >= 11 is 0. The lowest BCUT2D eigenvalue weighted by molar-refractivity contribution is 0.522. The third-order valence-corrected chi connectivity index (χ3v) is 0.604. The molecule has 0 aliphatic heterocycles. The smallest absolute Gasteiger partial charge is 0.306 e. The van der Waals surface area contributed by atoms with Crippen molar-refractivity contribution in [3.8, 4) is 0 Å². The van der Waals surface area contributed by atoms with Crippen LogP contribution in [0, 0.1) is 0 Å². The molecule has 0 aromatic carbocycles. The van der Waals surface area contributed by atoms with E-state index in [1.165, 1.54) is 6.26 Å². The van der Waals surface area contributed by atoms with E-state index in [9.17, 15) is 0 Å². The van der Waals surface area contributed by atoms with E-state index in [0.717, 1.165) is 0 Å². The minimum Gasteiger partial charge on any atom is -0.547 e. The normalized spacial score (nSPS) is 6.60. The van der Waals surface area contributed by atoms with Gasteiger partial charge in [0.25, 0.3) is 0 Å². The quantitative estimate of drug-likeness (QED) is 0.357. The van der Waals surface area contributed by atoms with Gasteiger partial charge in [0.1, 0.15) is 0 Å². The third-order valence-electron chi connectivity index (χ3n) is 0.201. The third kappa shape index (κ3) is 3.76. The predicted octanol–water partition coefficient (Wildman–Crippen LogP) is 0.814. The van der Waals surface area contributed by atoms with Crippen LogP contribution in [0.5, 0.6) is 0 Å². The molecule has 1 nitrogen and oxygen atoms in total. The molecule has 0 aromatic heterocycles. The van der Waals surface area contributed by atoms with Crippen LogP contribution < -0.4 is 0 Å². The second kappa shape index (κ2) is 3.76. The molecule has 0 fully saturated rings. The van der Waals surface area contributed by atoms with Crippen LogP contribution in [0.2, 0.25) is 6.55 Å². The summed E-state index contributed by atoms with van der Waals surface area (Å²) in [6.45, 7) is 5.28. The van der Waals surface area contributed by atoms with Crippen molar-refractivity contribution in [2.24, 2.45) is 0 Å². The first-order valence-electron chi connectivity index (χ1n) is 1.35. The zero-order valence-corrected chi connectivity index (χ0v) is 4.19. The van der Waals surface area contributed by atoms with Crippen LogP contribution in [0.25, 0.3) is 0 Å². The lowest BCUT2D eigenvalue weighted by Crippen LogP contribution is -1.78. The van der Waals surface area contributed by atoms with E-state index >= 15 is 0 Å². The fourth-order valence-corrected chi connectivity index (χ4v) is 0.250. The molecule has 2 heteroatoms. The second-order valence-electron chi connectivity index (χ2n) is 0.489. The Morgan fingerprint density at radius 3 is 2.60 bits per heavy atom. The van der Waals surface area contributed by atoms with Crippen molar-refractivity contribution >= 4 is 9.76 Å². The first kappa shape index (κ1) is 4.76. The number of hydrogen-bond acceptors (Lipinski definition) is 1. The van der Waals surface area contributed by atoms with Gasteiger partial charge in [0.2, 0.25) is 0 Å². The summed E-state index contributed by atoms with van der Waals surface area (Å²) in [5.74, 6) is 0. The van der Waals surface area contributed by atoms with Gasteiger partial charge >= 0.3 is 9.76 Å². The molecule has 0 atom stereocenters. The molecule has 28 valence electrons. The molecular weight excluding hydrogens is 80.1 g/mol. The van der Waals surface area contributed by atoms with Crippen LogP contribution in [0.1, 0.15) is 0 Å². The van der Waals surface area contributed by atoms with Crippen LogP contribution in [-0.2, 0) is 4.43 Å². The molecule has 0 aliphatic carbocycles. The summed E-state index contributed by atoms with van der Waals surface area (Å²) in [6.07, 6.45) is 1.44. The summed E-state index contributed by atoms with van der Waals surface area (Å²) in [5.41, 5.74) is 0. The summed E-state index contributed by atoms with van der Waals surface area (Å²) in [6, 6.07) is 0. The zero-order valence-electron chi connectivity index (χ0n) is 3.19. The van der Waals surface area contributed by atoms with Crippen LogP contribution in [0.3, 0.4) is 0 Å². The molecule has 0 saturated heterocycles. The van der Waals surface area contributed by atoms with E-state index in [1.54, 1.807) is 0 Å². The molecule has 0 saturated carbocycles. The van der Waals surface area contributed by atoms with E-state index in [4.69, 9.17) is 0 Å². The maximum absolute atomic E-state index is 4.62.